The van der Waals surface area contributed by atoms with E-state index in [2.05, 4.69) is 10.1 Å². The van der Waals surface area contributed by atoms with Crippen LogP contribution >= 0.6 is 11.6 Å². The van der Waals surface area contributed by atoms with Crippen molar-refractivity contribution in [2.24, 2.45) is 0 Å². The zero-order valence-corrected chi connectivity index (χ0v) is 12.0. The highest BCUT2D eigenvalue weighted by atomic mass is 35.5. The molecule has 104 valence electrons. The van der Waals surface area contributed by atoms with Crippen LogP contribution in [0.3, 0.4) is 0 Å². The summed E-state index contributed by atoms with van der Waals surface area (Å²) in [5, 5.41) is 3.04. The summed E-state index contributed by atoms with van der Waals surface area (Å²) in [6, 6.07) is 4.63. The minimum Gasteiger partial charge on any atom is -0.496 e. The SMILES string of the molecule is COC(=O)C(C)(C)NC(=O)c1ccc(Cl)cc1OC. The van der Waals surface area contributed by atoms with Gasteiger partial charge in [-0.05, 0) is 32.0 Å². The van der Waals surface area contributed by atoms with Gasteiger partial charge < -0.3 is 14.8 Å². The molecule has 0 aliphatic heterocycles. The van der Waals surface area contributed by atoms with Crippen LogP contribution in [0.2, 0.25) is 5.02 Å². The molecular weight excluding hydrogens is 270 g/mol. The highest BCUT2D eigenvalue weighted by Gasteiger charge is 2.31. The van der Waals surface area contributed by atoms with Crippen molar-refractivity contribution < 1.29 is 19.1 Å². The van der Waals surface area contributed by atoms with E-state index >= 15 is 0 Å². The Bertz CT molecular complexity index is 499. The topological polar surface area (TPSA) is 64.6 Å². The Hall–Kier alpha value is -1.75. The fourth-order valence-electron chi connectivity index (χ4n) is 1.51. The molecule has 1 aromatic rings. The Morgan fingerprint density at radius 1 is 1.26 bits per heavy atom. The molecule has 1 N–H and O–H groups in total. The largest absolute Gasteiger partial charge is 0.496 e. The van der Waals surface area contributed by atoms with Crippen LogP contribution in [-0.2, 0) is 9.53 Å². The number of rotatable bonds is 4. The third kappa shape index (κ3) is 3.61. The van der Waals surface area contributed by atoms with E-state index in [0.29, 0.717) is 16.3 Å². The predicted octanol–water partition coefficient (Wildman–Crippen LogP) is 2.03. The Balaban J connectivity index is 2.99. The Labute approximate surface area is 116 Å². The Morgan fingerprint density at radius 3 is 2.42 bits per heavy atom. The van der Waals surface area contributed by atoms with E-state index in [1.165, 1.54) is 26.4 Å². The summed E-state index contributed by atoms with van der Waals surface area (Å²) in [4.78, 5) is 23.6. The molecule has 0 aliphatic carbocycles. The second-order valence-electron chi connectivity index (χ2n) is 4.42. The van der Waals surface area contributed by atoms with Gasteiger partial charge in [0, 0.05) is 5.02 Å². The molecule has 0 fully saturated rings. The molecule has 5 nitrogen and oxygen atoms in total. The summed E-state index contributed by atoms with van der Waals surface area (Å²) in [5.74, 6) is -0.636. The Kier molecular flexibility index (Phi) is 4.78. The molecule has 0 radical (unpaired) electrons. The lowest BCUT2D eigenvalue weighted by Gasteiger charge is -2.23. The minimum atomic E-state index is -1.13. The molecule has 1 amide bonds. The zero-order valence-electron chi connectivity index (χ0n) is 11.2. The van der Waals surface area contributed by atoms with E-state index in [4.69, 9.17) is 16.3 Å². The minimum absolute atomic E-state index is 0.295. The van der Waals surface area contributed by atoms with Gasteiger partial charge in [-0.2, -0.15) is 0 Å². The number of hydrogen-bond donors (Lipinski definition) is 1. The van der Waals surface area contributed by atoms with Gasteiger partial charge in [0.25, 0.3) is 5.91 Å². The number of hydrogen-bond acceptors (Lipinski definition) is 4. The van der Waals surface area contributed by atoms with Crippen molar-refractivity contribution in [3.8, 4) is 5.75 Å². The van der Waals surface area contributed by atoms with Crippen LogP contribution in [-0.4, -0.2) is 31.6 Å². The van der Waals surface area contributed by atoms with E-state index in [0.717, 1.165) is 0 Å². The van der Waals surface area contributed by atoms with Crippen LogP contribution in [0.15, 0.2) is 18.2 Å². The molecule has 1 aromatic carbocycles. The van der Waals surface area contributed by atoms with Crippen molar-refractivity contribution in [3.05, 3.63) is 28.8 Å². The lowest BCUT2D eigenvalue weighted by Crippen LogP contribution is -2.50. The maximum atomic E-state index is 12.1. The van der Waals surface area contributed by atoms with Crippen molar-refractivity contribution in [1.82, 2.24) is 5.32 Å². The summed E-state index contributed by atoms with van der Waals surface area (Å²) >= 11 is 5.82. The van der Waals surface area contributed by atoms with Gasteiger partial charge in [0.15, 0.2) is 0 Å². The van der Waals surface area contributed by atoms with Crippen LogP contribution in [0.25, 0.3) is 0 Å². The lowest BCUT2D eigenvalue weighted by atomic mass is 10.0. The molecule has 6 heteroatoms. The summed E-state index contributed by atoms with van der Waals surface area (Å²) < 4.78 is 9.71. The Morgan fingerprint density at radius 2 is 1.89 bits per heavy atom. The quantitative estimate of drug-likeness (QED) is 0.860. The third-order valence-corrected chi connectivity index (χ3v) is 2.77. The molecule has 0 saturated carbocycles. The number of halogens is 1. The first-order valence-corrected chi connectivity index (χ1v) is 5.94. The lowest BCUT2D eigenvalue weighted by molar-refractivity contribution is -0.146. The normalized spacial score (nSPS) is 10.8. The molecule has 19 heavy (non-hydrogen) atoms. The first-order chi connectivity index (χ1) is 8.81. The van der Waals surface area contributed by atoms with Crippen LogP contribution < -0.4 is 10.1 Å². The van der Waals surface area contributed by atoms with Gasteiger partial charge in [-0.1, -0.05) is 11.6 Å². The van der Waals surface area contributed by atoms with Crippen molar-refractivity contribution in [1.29, 1.82) is 0 Å². The summed E-state index contributed by atoms with van der Waals surface area (Å²) in [7, 11) is 2.70. The number of esters is 1. The van der Waals surface area contributed by atoms with E-state index in [1.807, 2.05) is 0 Å². The van der Waals surface area contributed by atoms with Gasteiger partial charge in [-0.3, -0.25) is 4.79 Å². The van der Waals surface area contributed by atoms with E-state index in [-0.39, 0.29) is 0 Å². The fourth-order valence-corrected chi connectivity index (χ4v) is 1.67. The molecule has 1 rings (SSSR count). The summed E-state index contributed by atoms with van der Waals surface area (Å²) in [5.41, 5.74) is -0.833. The maximum Gasteiger partial charge on any atom is 0.330 e. The number of nitrogens with one attached hydrogen (secondary N) is 1. The van der Waals surface area contributed by atoms with Crippen LogP contribution in [0.1, 0.15) is 24.2 Å². The standard InChI is InChI=1S/C13H16ClNO4/c1-13(2,12(17)19-4)15-11(16)9-6-5-8(14)7-10(9)18-3/h5-7H,1-4H3,(H,15,16). The van der Waals surface area contributed by atoms with Crippen LogP contribution in [0.4, 0.5) is 0 Å². The molecular formula is C13H16ClNO4. The first-order valence-electron chi connectivity index (χ1n) is 5.56. The number of ether oxygens (including phenoxy) is 2. The summed E-state index contributed by atoms with van der Waals surface area (Å²) in [6.07, 6.45) is 0. The molecule has 0 spiro atoms. The van der Waals surface area contributed by atoms with E-state index in [9.17, 15) is 9.59 Å². The summed E-state index contributed by atoms with van der Waals surface area (Å²) in [6.45, 7) is 3.11. The van der Waals surface area contributed by atoms with Crippen molar-refractivity contribution >= 4 is 23.5 Å². The smallest absolute Gasteiger partial charge is 0.330 e. The number of amides is 1. The first kappa shape index (κ1) is 15.3. The van der Waals surface area contributed by atoms with Crippen LogP contribution in [0, 0.1) is 0 Å². The van der Waals surface area contributed by atoms with E-state index in [1.54, 1.807) is 19.9 Å². The molecule has 0 saturated heterocycles. The predicted molar refractivity (Wildman–Crippen MR) is 71.6 cm³/mol. The van der Waals surface area contributed by atoms with Crippen LogP contribution in [0.5, 0.6) is 5.75 Å². The number of methoxy groups -OCH3 is 2. The van der Waals surface area contributed by atoms with Gasteiger partial charge in [0.05, 0.1) is 19.8 Å². The number of carbonyl (C=O) groups excluding carboxylic acids is 2. The monoisotopic (exact) mass is 285 g/mol. The average molecular weight is 286 g/mol. The van der Waals surface area contributed by atoms with Gasteiger partial charge in [0.1, 0.15) is 11.3 Å². The molecule has 0 aromatic heterocycles. The second-order valence-corrected chi connectivity index (χ2v) is 4.85. The number of benzene rings is 1. The third-order valence-electron chi connectivity index (χ3n) is 2.53. The van der Waals surface area contributed by atoms with Gasteiger partial charge in [-0.15, -0.1) is 0 Å². The average Bonchev–Trinajstić information content (AvgIpc) is 2.36. The van der Waals surface area contributed by atoms with Gasteiger partial charge >= 0.3 is 5.97 Å². The molecule has 0 atom stereocenters. The zero-order chi connectivity index (χ0) is 14.6. The van der Waals surface area contributed by atoms with Gasteiger partial charge in [-0.25, -0.2) is 4.79 Å². The molecule has 0 heterocycles. The highest BCUT2D eigenvalue weighted by Crippen LogP contribution is 2.23. The maximum absolute atomic E-state index is 12.1. The highest BCUT2D eigenvalue weighted by molar-refractivity contribution is 6.30. The van der Waals surface area contributed by atoms with E-state index < -0.39 is 17.4 Å². The molecule has 0 aliphatic rings. The van der Waals surface area contributed by atoms with Crippen molar-refractivity contribution in [3.63, 3.8) is 0 Å². The second kappa shape index (κ2) is 5.93. The number of carbonyl (C=O) groups is 2. The fraction of sp³-hybridized carbons (Fsp3) is 0.385. The van der Waals surface area contributed by atoms with Crippen molar-refractivity contribution in [2.75, 3.05) is 14.2 Å². The molecule has 0 bridgehead atoms. The van der Waals surface area contributed by atoms with Crippen molar-refractivity contribution in [2.45, 2.75) is 19.4 Å². The van der Waals surface area contributed by atoms with Gasteiger partial charge in [0.2, 0.25) is 0 Å². The molecule has 0 unspecified atom stereocenters.